The van der Waals surface area contributed by atoms with Gasteiger partial charge in [0.15, 0.2) is 0 Å². The first-order valence-corrected chi connectivity index (χ1v) is 5.50. The molecule has 1 aromatic heterocycles. The van der Waals surface area contributed by atoms with Gasteiger partial charge in [0.1, 0.15) is 5.84 Å². The second-order valence-corrected chi connectivity index (χ2v) is 4.11. The molecule has 3 N–H and O–H groups in total. The van der Waals surface area contributed by atoms with Crippen LogP contribution >= 0.6 is 0 Å². The predicted octanol–water partition coefficient (Wildman–Crippen LogP) is 1.83. The van der Waals surface area contributed by atoms with Gasteiger partial charge in [-0.05, 0) is 19.4 Å². The Bertz CT molecular complexity index is 554. The van der Waals surface area contributed by atoms with Crippen LogP contribution < -0.4 is 5.73 Å². The van der Waals surface area contributed by atoms with Crippen molar-refractivity contribution >= 4 is 5.84 Å². The SMILES string of the molecule is Cc1ncn(Cc2ccccc2C(=N)N)c1C. The van der Waals surface area contributed by atoms with Crippen molar-refractivity contribution in [3.63, 3.8) is 0 Å². The van der Waals surface area contributed by atoms with Crippen LogP contribution in [0.3, 0.4) is 0 Å². The second kappa shape index (κ2) is 4.41. The second-order valence-electron chi connectivity index (χ2n) is 4.11. The molecule has 17 heavy (non-hydrogen) atoms. The first kappa shape index (κ1) is 11.4. The summed E-state index contributed by atoms with van der Waals surface area (Å²) in [4.78, 5) is 4.26. The monoisotopic (exact) mass is 228 g/mol. The lowest BCUT2D eigenvalue weighted by atomic mass is 10.1. The van der Waals surface area contributed by atoms with E-state index in [0.717, 1.165) is 22.5 Å². The van der Waals surface area contributed by atoms with E-state index in [4.69, 9.17) is 11.1 Å². The molecule has 0 aliphatic rings. The molecule has 4 nitrogen and oxygen atoms in total. The van der Waals surface area contributed by atoms with Gasteiger partial charge in [0.25, 0.3) is 0 Å². The van der Waals surface area contributed by atoms with Gasteiger partial charge in [-0.1, -0.05) is 24.3 Å². The molecule has 0 radical (unpaired) electrons. The lowest BCUT2D eigenvalue weighted by Gasteiger charge is -2.10. The number of imidazole rings is 1. The van der Waals surface area contributed by atoms with Crippen LogP contribution in [0.5, 0.6) is 0 Å². The average Bonchev–Trinajstić information content (AvgIpc) is 2.61. The molecule has 4 heteroatoms. The predicted molar refractivity (Wildman–Crippen MR) is 68.3 cm³/mol. The normalized spacial score (nSPS) is 10.5. The van der Waals surface area contributed by atoms with Crippen molar-refractivity contribution in [3.8, 4) is 0 Å². The van der Waals surface area contributed by atoms with Crippen LogP contribution in [0, 0.1) is 19.3 Å². The van der Waals surface area contributed by atoms with Crippen LogP contribution in [0.25, 0.3) is 0 Å². The third-order valence-corrected chi connectivity index (χ3v) is 2.99. The fraction of sp³-hybridized carbons (Fsp3) is 0.231. The third kappa shape index (κ3) is 2.20. The van der Waals surface area contributed by atoms with Crippen molar-refractivity contribution in [1.29, 1.82) is 5.41 Å². The Labute approximate surface area is 101 Å². The van der Waals surface area contributed by atoms with E-state index in [9.17, 15) is 0 Å². The largest absolute Gasteiger partial charge is 0.384 e. The van der Waals surface area contributed by atoms with Gasteiger partial charge < -0.3 is 10.3 Å². The summed E-state index contributed by atoms with van der Waals surface area (Å²) in [6, 6.07) is 7.72. The molecule has 0 aliphatic heterocycles. The van der Waals surface area contributed by atoms with Crippen LogP contribution in [0.4, 0.5) is 0 Å². The van der Waals surface area contributed by atoms with Gasteiger partial charge in [0.05, 0.1) is 12.0 Å². The van der Waals surface area contributed by atoms with Crippen LogP contribution in [-0.4, -0.2) is 15.4 Å². The van der Waals surface area contributed by atoms with Gasteiger partial charge in [0.2, 0.25) is 0 Å². The van der Waals surface area contributed by atoms with E-state index < -0.39 is 0 Å². The number of hydrogen-bond donors (Lipinski definition) is 2. The van der Waals surface area contributed by atoms with E-state index >= 15 is 0 Å². The molecule has 0 saturated carbocycles. The molecule has 0 bridgehead atoms. The van der Waals surface area contributed by atoms with Gasteiger partial charge >= 0.3 is 0 Å². The van der Waals surface area contributed by atoms with Crippen molar-refractivity contribution in [2.75, 3.05) is 0 Å². The van der Waals surface area contributed by atoms with E-state index in [2.05, 4.69) is 9.55 Å². The molecule has 1 aromatic carbocycles. The number of hydrogen-bond acceptors (Lipinski definition) is 2. The number of nitrogens with zero attached hydrogens (tertiary/aromatic N) is 2. The summed E-state index contributed by atoms with van der Waals surface area (Å²) >= 11 is 0. The standard InChI is InChI=1S/C13H16N4/c1-9-10(2)17(8-16-9)7-11-5-3-4-6-12(11)13(14)15/h3-6,8H,7H2,1-2H3,(H3,14,15). The van der Waals surface area contributed by atoms with Crippen molar-refractivity contribution in [3.05, 3.63) is 53.1 Å². The number of nitrogens with two attached hydrogens (primary N) is 1. The fourth-order valence-electron chi connectivity index (χ4n) is 1.81. The van der Waals surface area contributed by atoms with E-state index in [1.165, 1.54) is 0 Å². The van der Waals surface area contributed by atoms with E-state index in [1.54, 1.807) is 0 Å². The molecule has 0 spiro atoms. The van der Waals surface area contributed by atoms with Crippen molar-refractivity contribution in [1.82, 2.24) is 9.55 Å². The number of aryl methyl sites for hydroxylation is 1. The summed E-state index contributed by atoms with van der Waals surface area (Å²) < 4.78 is 2.07. The maximum absolute atomic E-state index is 7.55. The quantitative estimate of drug-likeness (QED) is 0.621. The highest BCUT2D eigenvalue weighted by atomic mass is 15.0. The van der Waals surface area contributed by atoms with Crippen LogP contribution in [0.1, 0.15) is 22.5 Å². The average molecular weight is 228 g/mol. The molecular formula is C13H16N4. The van der Waals surface area contributed by atoms with Gasteiger partial charge in [-0.25, -0.2) is 4.98 Å². The topological polar surface area (TPSA) is 67.7 Å². The Morgan fingerprint density at radius 3 is 2.65 bits per heavy atom. The molecule has 1 heterocycles. The molecule has 0 saturated heterocycles. The Balaban J connectivity index is 2.36. The minimum Gasteiger partial charge on any atom is -0.384 e. The smallest absolute Gasteiger partial charge is 0.123 e. The fourth-order valence-corrected chi connectivity index (χ4v) is 1.81. The molecular weight excluding hydrogens is 212 g/mol. The van der Waals surface area contributed by atoms with Gasteiger partial charge in [-0.15, -0.1) is 0 Å². The molecule has 0 amide bonds. The minimum atomic E-state index is 0.107. The zero-order valence-corrected chi connectivity index (χ0v) is 10.1. The lowest BCUT2D eigenvalue weighted by molar-refractivity contribution is 0.767. The van der Waals surface area contributed by atoms with Crippen molar-refractivity contribution < 1.29 is 0 Å². The van der Waals surface area contributed by atoms with Crippen LogP contribution in [-0.2, 0) is 6.54 Å². The Hall–Kier alpha value is -2.10. The Morgan fingerprint density at radius 2 is 2.06 bits per heavy atom. The number of amidine groups is 1. The number of benzene rings is 1. The highest BCUT2D eigenvalue weighted by molar-refractivity contribution is 5.96. The van der Waals surface area contributed by atoms with E-state index in [0.29, 0.717) is 6.54 Å². The lowest BCUT2D eigenvalue weighted by Crippen LogP contribution is -2.15. The molecule has 0 unspecified atom stereocenters. The molecule has 2 aromatic rings. The zero-order valence-electron chi connectivity index (χ0n) is 10.1. The molecule has 0 fully saturated rings. The first-order chi connectivity index (χ1) is 8.09. The van der Waals surface area contributed by atoms with Gasteiger partial charge in [0, 0.05) is 17.8 Å². The summed E-state index contributed by atoms with van der Waals surface area (Å²) in [6.07, 6.45) is 1.82. The number of rotatable bonds is 3. The summed E-state index contributed by atoms with van der Waals surface area (Å²) in [7, 11) is 0. The highest BCUT2D eigenvalue weighted by Gasteiger charge is 2.07. The summed E-state index contributed by atoms with van der Waals surface area (Å²) in [5, 5.41) is 7.55. The van der Waals surface area contributed by atoms with E-state index in [-0.39, 0.29) is 5.84 Å². The van der Waals surface area contributed by atoms with Gasteiger partial charge in [-0.2, -0.15) is 0 Å². The summed E-state index contributed by atoms with van der Waals surface area (Å²) in [6.45, 7) is 4.73. The van der Waals surface area contributed by atoms with Gasteiger partial charge in [-0.3, -0.25) is 5.41 Å². The Kier molecular flexibility index (Phi) is 2.95. The number of nitrogen functional groups attached to an aromatic ring is 1. The molecule has 0 aliphatic carbocycles. The molecule has 88 valence electrons. The third-order valence-electron chi connectivity index (χ3n) is 2.99. The first-order valence-electron chi connectivity index (χ1n) is 5.50. The van der Waals surface area contributed by atoms with Crippen LogP contribution in [0.15, 0.2) is 30.6 Å². The molecule has 2 rings (SSSR count). The van der Waals surface area contributed by atoms with Crippen LogP contribution in [0.2, 0.25) is 0 Å². The van der Waals surface area contributed by atoms with Crippen molar-refractivity contribution in [2.24, 2.45) is 5.73 Å². The minimum absolute atomic E-state index is 0.107. The zero-order chi connectivity index (χ0) is 12.4. The maximum Gasteiger partial charge on any atom is 0.123 e. The number of aromatic nitrogens is 2. The highest BCUT2D eigenvalue weighted by Crippen LogP contribution is 2.12. The number of nitrogens with one attached hydrogen (secondary N) is 1. The maximum atomic E-state index is 7.55. The summed E-state index contributed by atoms with van der Waals surface area (Å²) in [5.74, 6) is 0.107. The summed E-state index contributed by atoms with van der Waals surface area (Å²) in [5.41, 5.74) is 9.58. The van der Waals surface area contributed by atoms with Crippen molar-refractivity contribution in [2.45, 2.75) is 20.4 Å². The Morgan fingerprint density at radius 1 is 1.35 bits per heavy atom. The van der Waals surface area contributed by atoms with E-state index in [1.807, 2.05) is 44.4 Å². The molecule has 0 atom stereocenters.